The second-order valence-electron chi connectivity index (χ2n) is 12.2. The van der Waals surface area contributed by atoms with Crippen LogP contribution in [0.4, 0.5) is 5.82 Å². The fourth-order valence-electron chi connectivity index (χ4n) is 7.76. The molecule has 0 saturated carbocycles. The van der Waals surface area contributed by atoms with Gasteiger partial charge in [0.2, 0.25) is 0 Å². The van der Waals surface area contributed by atoms with E-state index in [0.29, 0.717) is 46.7 Å². The number of phenolic OH excluding ortho intramolecular Hbond substituents is 1. The zero-order valence-electron chi connectivity index (χ0n) is 23.4. The maximum absolute atomic E-state index is 14.3. The second-order valence-corrected chi connectivity index (χ2v) is 12.2. The molecule has 6 heterocycles. The first-order valence-electron chi connectivity index (χ1n) is 14.9. The zero-order chi connectivity index (χ0) is 28.4. The number of ether oxygens (including phenoxy) is 1. The maximum atomic E-state index is 14.3. The molecule has 0 radical (unpaired) electrons. The van der Waals surface area contributed by atoms with Crippen LogP contribution in [0.15, 0.2) is 41.5 Å². The number of nitrogens with zero attached hydrogens (tertiary/aromatic N) is 6. The number of hydrogen-bond acceptors (Lipinski definition) is 9. The molecular formula is C32H33N7O3. The van der Waals surface area contributed by atoms with Gasteiger partial charge in [0.05, 0.1) is 11.2 Å². The van der Waals surface area contributed by atoms with Gasteiger partial charge in [-0.05, 0) is 69.1 Å². The van der Waals surface area contributed by atoms with Crippen molar-refractivity contribution < 1.29 is 9.84 Å². The van der Waals surface area contributed by atoms with Gasteiger partial charge in [0.25, 0.3) is 5.56 Å². The number of benzene rings is 2. The quantitative estimate of drug-likeness (QED) is 0.354. The van der Waals surface area contributed by atoms with E-state index >= 15 is 0 Å². The van der Waals surface area contributed by atoms with Crippen molar-refractivity contribution in [1.29, 1.82) is 0 Å². The van der Waals surface area contributed by atoms with Crippen LogP contribution in [0.2, 0.25) is 0 Å². The summed E-state index contributed by atoms with van der Waals surface area (Å²) in [5.41, 5.74) is 1.36. The van der Waals surface area contributed by atoms with Crippen molar-refractivity contribution in [3.63, 3.8) is 0 Å². The summed E-state index contributed by atoms with van der Waals surface area (Å²) in [4.78, 5) is 33.4. The molecule has 2 bridgehead atoms. The lowest BCUT2D eigenvalue weighted by molar-refractivity contribution is 0.108. The summed E-state index contributed by atoms with van der Waals surface area (Å²) in [6.45, 7) is 4.27. The van der Waals surface area contributed by atoms with Gasteiger partial charge in [0.1, 0.15) is 24.2 Å². The lowest BCUT2D eigenvalue weighted by atomic mass is 9.95. The SMILES string of the molecule is C#Cc1cccc2cc(O)cc(-n3cnc4c(N5CC6CCC(C5)N6)nc(OCC56CCCN5CCC6)nc4c3=O)c12. The molecule has 10 nitrogen and oxygen atoms in total. The summed E-state index contributed by atoms with van der Waals surface area (Å²) in [6.07, 6.45) is 14.1. The first kappa shape index (κ1) is 25.5. The Morgan fingerprint density at radius 3 is 2.64 bits per heavy atom. The van der Waals surface area contributed by atoms with Crippen molar-refractivity contribution in [1.82, 2.24) is 29.7 Å². The van der Waals surface area contributed by atoms with E-state index < -0.39 is 0 Å². The van der Waals surface area contributed by atoms with E-state index in [4.69, 9.17) is 26.1 Å². The molecule has 2 aromatic heterocycles. The zero-order valence-corrected chi connectivity index (χ0v) is 23.4. The van der Waals surface area contributed by atoms with Gasteiger partial charge in [-0.15, -0.1) is 6.42 Å². The predicted molar refractivity (Wildman–Crippen MR) is 160 cm³/mol. The summed E-state index contributed by atoms with van der Waals surface area (Å²) in [5, 5.41) is 15.6. The Bertz CT molecular complexity index is 1810. The lowest BCUT2D eigenvalue weighted by Crippen LogP contribution is -2.51. The number of rotatable bonds is 5. The highest BCUT2D eigenvalue weighted by molar-refractivity contribution is 5.96. The van der Waals surface area contributed by atoms with E-state index in [0.717, 1.165) is 57.2 Å². The normalized spacial score (nSPS) is 23.0. The summed E-state index contributed by atoms with van der Waals surface area (Å²) >= 11 is 0. The Kier molecular flexibility index (Phi) is 5.88. The highest BCUT2D eigenvalue weighted by atomic mass is 16.5. The Morgan fingerprint density at radius 2 is 1.88 bits per heavy atom. The third-order valence-corrected chi connectivity index (χ3v) is 9.72. The summed E-state index contributed by atoms with van der Waals surface area (Å²) in [5.74, 6) is 3.37. The van der Waals surface area contributed by atoms with Crippen molar-refractivity contribution in [3.8, 4) is 29.8 Å². The molecule has 4 aromatic rings. The minimum atomic E-state index is -0.369. The van der Waals surface area contributed by atoms with E-state index in [1.807, 2.05) is 18.2 Å². The number of anilines is 1. The molecule has 2 atom stereocenters. The van der Waals surface area contributed by atoms with E-state index in [1.54, 1.807) is 12.1 Å². The summed E-state index contributed by atoms with van der Waals surface area (Å²) in [7, 11) is 0. The monoisotopic (exact) mass is 563 g/mol. The van der Waals surface area contributed by atoms with Crippen LogP contribution in [0.25, 0.3) is 27.5 Å². The average Bonchev–Trinajstić information content (AvgIpc) is 3.68. The minimum absolute atomic E-state index is 0.0217. The number of piperazine rings is 1. The largest absolute Gasteiger partial charge is 0.508 e. The molecule has 2 aromatic carbocycles. The Hall–Kier alpha value is -4.20. The van der Waals surface area contributed by atoms with Crippen molar-refractivity contribution in [2.75, 3.05) is 37.7 Å². The molecule has 0 spiro atoms. The molecular weight excluding hydrogens is 530 g/mol. The summed E-state index contributed by atoms with van der Waals surface area (Å²) < 4.78 is 7.80. The van der Waals surface area contributed by atoms with E-state index in [2.05, 4.69) is 21.0 Å². The highest BCUT2D eigenvalue weighted by Gasteiger charge is 2.45. The molecule has 2 N–H and O–H groups in total. The van der Waals surface area contributed by atoms with Crippen LogP contribution in [0.3, 0.4) is 0 Å². The molecule has 8 rings (SSSR count). The van der Waals surface area contributed by atoms with E-state index in [9.17, 15) is 9.90 Å². The van der Waals surface area contributed by atoms with Gasteiger partial charge >= 0.3 is 6.01 Å². The molecule has 0 amide bonds. The second kappa shape index (κ2) is 9.68. The fraction of sp³-hybridized carbons (Fsp3) is 0.438. The van der Waals surface area contributed by atoms with Crippen LogP contribution in [0, 0.1) is 12.3 Å². The number of hydrogen-bond donors (Lipinski definition) is 2. The molecule has 0 aliphatic carbocycles. The van der Waals surface area contributed by atoms with Gasteiger partial charge in [-0.3, -0.25) is 14.3 Å². The number of nitrogens with one attached hydrogen (secondary N) is 1. The topological polar surface area (TPSA) is 109 Å². The third-order valence-electron chi connectivity index (χ3n) is 9.72. The van der Waals surface area contributed by atoms with Gasteiger partial charge in [-0.1, -0.05) is 18.1 Å². The van der Waals surface area contributed by atoms with Crippen LogP contribution in [0.1, 0.15) is 44.1 Å². The number of phenols is 1. The number of aromatic nitrogens is 4. The average molecular weight is 564 g/mol. The smallest absolute Gasteiger partial charge is 0.319 e. The number of terminal acetylenes is 1. The first-order chi connectivity index (χ1) is 20.5. The van der Waals surface area contributed by atoms with Gasteiger partial charge in [-0.25, -0.2) is 4.98 Å². The Labute approximate surface area is 243 Å². The Balaban J connectivity index is 1.28. The molecule has 4 aliphatic heterocycles. The summed E-state index contributed by atoms with van der Waals surface area (Å²) in [6, 6.07) is 9.66. The molecule has 2 unspecified atom stereocenters. The van der Waals surface area contributed by atoms with Gasteiger partial charge in [-0.2, -0.15) is 9.97 Å². The highest BCUT2D eigenvalue weighted by Crippen LogP contribution is 2.39. The van der Waals surface area contributed by atoms with Gasteiger partial charge in [0, 0.05) is 42.2 Å². The molecule has 42 heavy (non-hydrogen) atoms. The maximum Gasteiger partial charge on any atom is 0.319 e. The van der Waals surface area contributed by atoms with E-state index in [-0.39, 0.29) is 28.4 Å². The minimum Gasteiger partial charge on any atom is -0.508 e. The van der Waals surface area contributed by atoms with Crippen LogP contribution in [0.5, 0.6) is 11.8 Å². The third kappa shape index (κ3) is 4.02. The standard InChI is InChI=1S/C32H33N7O3/c1-2-20-6-3-7-21-14-24(40)15-25(26(20)21)39-19-33-27-28(30(39)41)35-31(42-18-32-10-4-12-38(32)13-5-11-32)36-29(27)37-16-22-8-9-23(17-37)34-22/h1,3,6-7,14-15,19,22-23,34,40H,4-5,8-13,16-18H2. The lowest BCUT2D eigenvalue weighted by Gasteiger charge is -2.34. The van der Waals surface area contributed by atoms with Crippen molar-refractivity contribution in [2.24, 2.45) is 0 Å². The molecule has 10 heteroatoms. The van der Waals surface area contributed by atoms with Crippen LogP contribution in [-0.4, -0.2) is 79.9 Å². The molecule has 4 fully saturated rings. The molecule has 4 aliphatic rings. The fourth-order valence-corrected chi connectivity index (χ4v) is 7.76. The Morgan fingerprint density at radius 1 is 1.10 bits per heavy atom. The van der Waals surface area contributed by atoms with Crippen LogP contribution >= 0.6 is 0 Å². The molecule has 214 valence electrons. The van der Waals surface area contributed by atoms with Crippen molar-refractivity contribution >= 4 is 27.6 Å². The first-order valence-corrected chi connectivity index (χ1v) is 14.9. The van der Waals surface area contributed by atoms with Crippen molar-refractivity contribution in [2.45, 2.75) is 56.1 Å². The van der Waals surface area contributed by atoms with Crippen molar-refractivity contribution in [3.05, 3.63) is 52.6 Å². The van der Waals surface area contributed by atoms with E-state index in [1.165, 1.54) is 23.7 Å². The number of fused-ring (bicyclic) bond motifs is 5. The van der Waals surface area contributed by atoms with Gasteiger partial charge < -0.3 is 20.1 Å². The molecule has 4 saturated heterocycles. The van der Waals surface area contributed by atoms with Crippen LogP contribution < -0.4 is 20.5 Å². The predicted octanol–water partition coefficient (Wildman–Crippen LogP) is 2.96. The van der Waals surface area contributed by atoms with Gasteiger partial charge in [0.15, 0.2) is 11.3 Å². The van der Waals surface area contributed by atoms with Crippen LogP contribution in [-0.2, 0) is 0 Å². The number of aromatic hydroxyl groups is 1.